The number of anilines is 2. The maximum absolute atomic E-state index is 6.02. The summed E-state index contributed by atoms with van der Waals surface area (Å²) in [5.41, 5.74) is 0.848. The van der Waals surface area contributed by atoms with Crippen LogP contribution in [0.25, 0.3) is 10.8 Å². The molecular formula is C19H13ClN4O. The molecule has 5 nitrogen and oxygen atoms in total. The van der Waals surface area contributed by atoms with E-state index in [0.717, 1.165) is 16.5 Å². The predicted octanol–water partition coefficient (Wildman–Crippen LogP) is 5.21. The molecular weight excluding hydrogens is 336 g/mol. The van der Waals surface area contributed by atoms with Gasteiger partial charge in [0.2, 0.25) is 11.2 Å². The number of fused-ring (bicyclic) bond motifs is 1. The lowest BCUT2D eigenvalue weighted by Crippen LogP contribution is -2.01. The first kappa shape index (κ1) is 15.4. The summed E-state index contributed by atoms with van der Waals surface area (Å²) in [4.78, 5) is 12.4. The van der Waals surface area contributed by atoms with Crippen LogP contribution in [0.2, 0.25) is 5.28 Å². The van der Waals surface area contributed by atoms with Crippen LogP contribution < -0.4 is 10.1 Å². The second kappa shape index (κ2) is 6.75. The molecule has 0 saturated heterocycles. The Balaban J connectivity index is 1.66. The van der Waals surface area contributed by atoms with Crippen molar-refractivity contribution in [2.24, 2.45) is 0 Å². The van der Waals surface area contributed by atoms with E-state index in [0.29, 0.717) is 11.7 Å². The van der Waals surface area contributed by atoms with Crippen molar-refractivity contribution in [3.63, 3.8) is 0 Å². The Morgan fingerprint density at radius 2 is 1.52 bits per heavy atom. The topological polar surface area (TPSA) is 59.9 Å². The van der Waals surface area contributed by atoms with E-state index in [4.69, 9.17) is 16.3 Å². The lowest BCUT2D eigenvalue weighted by atomic mass is 10.1. The monoisotopic (exact) mass is 348 g/mol. The van der Waals surface area contributed by atoms with Gasteiger partial charge in [-0.05, 0) is 35.2 Å². The van der Waals surface area contributed by atoms with Crippen molar-refractivity contribution >= 4 is 34.0 Å². The molecule has 6 heteroatoms. The average Bonchev–Trinajstić information content (AvgIpc) is 2.62. The number of nitrogens with one attached hydrogen (secondary N) is 1. The maximum Gasteiger partial charge on any atom is 0.328 e. The van der Waals surface area contributed by atoms with Gasteiger partial charge in [0.05, 0.1) is 0 Å². The minimum absolute atomic E-state index is 0.0590. The fourth-order valence-corrected chi connectivity index (χ4v) is 2.62. The van der Waals surface area contributed by atoms with Crippen LogP contribution in [0.4, 0.5) is 11.6 Å². The SMILES string of the molecule is Clc1nc(Nc2ccccc2)nc(Oc2cccc3ccccc23)n1. The third-order valence-corrected chi connectivity index (χ3v) is 3.74. The normalized spacial score (nSPS) is 10.6. The summed E-state index contributed by atoms with van der Waals surface area (Å²) >= 11 is 6.02. The second-order valence-corrected chi connectivity index (χ2v) is 5.62. The maximum atomic E-state index is 6.02. The highest BCUT2D eigenvalue weighted by Crippen LogP contribution is 2.29. The molecule has 0 aliphatic carbocycles. The van der Waals surface area contributed by atoms with Crippen molar-refractivity contribution in [1.29, 1.82) is 0 Å². The second-order valence-electron chi connectivity index (χ2n) is 5.28. The number of halogens is 1. The van der Waals surface area contributed by atoms with Gasteiger partial charge >= 0.3 is 6.01 Å². The van der Waals surface area contributed by atoms with Crippen LogP contribution >= 0.6 is 11.6 Å². The minimum Gasteiger partial charge on any atom is -0.423 e. The van der Waals surface area contributed by atoms with Crippen molar-refractivity contribution in [3.8, 4) is 11.8 Å². The molecule has 0 unspecified atom stereocenters. The summed E-state index contributed by atoms with van der Waals surface area (Å²) in [6.45, 7) is 0. The van der Waals surface area contributed by atoms with Crippen LogP contribution in [-0.4, -0.2) is 15.0 Å². The zero-order valence-electron chi connectivity index (χ0n) is 13.1. The number of para-hydroxylation sites is 1. The first-order chi connectivity index (χ1) is 12.3. The standard InChI is InChI=1S/C19H13ClN4O/c20-17-22-18(21-14-9-2-1-3-10-14)24-19(23-17)25-16-12-6-8-13-7-4-5-11-15(13)16/h1-12H,(H,21,22,23,24). The number of nitrogens with zero attached hydrogens (tertiary/aromatic N) is 3. The summed E-state index contributed by atoms with van der Waals surface area (Å²) in [7, 11) is 0. The van der Waals surface area contributed by atoms with Gasteiger partial charge in [-0.1, -0.05) is 54.6 Å². The van der Waals surface area contributed by atoms with E-state index < -0.39 is 0 Å². The number of benzene rings is 3. The molecule has 0 radical (unpaired) electrons. The third-order valence-electron chi connectivity index (χ3n) is 3.57. The Morgan fingerprint density at radius 1 is 0.760 bits per heavy atom. The summed E-state index contributed by atoms with van der Waals surface area (Å²) in [6, 6.07) is 23.4. The molecule has 0 fully saturated rings. The molecule has 122 valence electrons. The Bertz CT molecular complexity index is 1020. The van der Waals surface area contributed by atoms with Gasteiger partial charge in [-0.2, -0.15) is 15.0 Å². The fourth-order valence-electron chi connectivity index (χ4n) is 2.47. The molecule has 4 aromatic rings. The van der Waals surface area contributed by atoms with Crippen LogP contribution in [-0.2, 0) is 0 Å². The molecule has 3 aromatic carbocycles. The van der Waals surface area contributed by atoms with Gasteiger partial charge < -0.3 is 10.1 Å². The van der Waals surface area contributed by atoms with E-state index in [-0.39, 0.29) is 11.3 Å². The van der Waals surface area contributed by atoms with Gasteiger partial charge in [-0.25, -0.2) is 0 Å². The number of ether oxygens (including phenoxy) is 1. The largest absolute Gasteiger partial charge is 0.423 e. The molecule has 0 aliphatic rings. The number of hydrogen-bond donors (Lipinski definition) is 1. The molecule has 1 aromatic heterocycles. The van der Waals surface area contributed by atoms with Crippen molar-refractivity contribution in [1.82, 2.24) is 15.0 Å². The van der Waals surface area contributed by atoms with Crippen LogP contribution in [0.1, 0.15) is 0 Å². The van der Waals surface area contributed by atoms with Gasteiger partial charge in [0.15, 0.2) is 0 Å². The molecule has 0 atom stereocenters. The summed E-state index contributed by atoms with van der Waals surface area (Å²) in [6.07, 6.45) is 0. The zero-order chi connectivity index (χ0) is 17.1. The first-order valence-corrected chi connectivity index (χ1v) is 8.05. The quantitative estimate of drug-likeness (QED) is 0.548. The van der Waals surface area contributed by atoms with E-state index >= 15 is 0 Å². The van der Waals surface area contributed by atoms with E-state index in [1.165, 1.54) is 0 Å². The number of hydrogen-bond acceptors (Lipinski definition) is 5. The summed E-state index contributed by atoms with van der Waals surface area (Å²) in [5.74, 6) is 0.979. The molecule has 0 bridgehead atoms. The van der Waals surface area contributed by atoms with E-state index in [9.17, 15) is 0 Å². The fraction of sp³-hybridized carbons (Fsp3) is 0. The van der Waals surface area contributed by atoms with E-state index in [2.05, 4.69) is 20.3 Å². The summed E-state index contributed by atoms with van der Waals surface area (Å²) < 4.78 is 5.86. The molecule has 0 saturated carbocycles. The van der Waals surface area contributed by atoms with Crippen molar-refractivity contribution in [3.05, 3.63) is 78.1 Å². The van der Waals surface area contributed by atoms with Crippen molar-refractivity contribution < 1.29 is 4.74 Å². The highest BCUT2D eigenvalue weighted by Gasteiger charge is 2.09. The smallest absolute Gasteiger partial charge is 0.328 e. The van der Waals surface area contributed by atoms with Gasteiger partial charge in [0, 0.05) is 11.1 Å². The predicted molar refractivity (Wildman–Crippen MR) is 98.6 cm³/mol. The van der Waals surface area contributed by atoms with E-state index in [1.807, 2.05) is 72.8 Å². The highest BCUT2D eigenvalue weighted by atomic mass is 35.5. The Morgan fingerprint density at radius 3 is 2.40 bits per heavy atom. The Kier molecular flexibility index (Phi) is 4.14. The number of rotatable bonds is 4. The first-order valence-electron chi connectivity index (χ1n) is 7.67. The average molecular weight is 349 g/mol. The van der Waals surface area contributed by atoms with Gasteiger partial charge in [-0.3, -0.25) is 0 Å². The molecule has 25 heavy (non-hydrogen) atoms. The summed E-state index contributed by atoms with van der Waals surface area (Å²) in [5, 5.41) is 5.18. The minimum atomic E-state index is 0.0590. The molecule has 0 aliphatic heterocycles. The van der Waals surface area contributed by atoms with Crippen LogP contribution in [0, 0.1) is 0 Å². The van der Waals surface area contributed by atoms with Gasteiger partial charge in [-0.15, -0.1) is 0 Å². The van der Waals surface area contributed by atoms with Gasteiger partial charge in [0.25, 0.3) is 0 Å². The van der Waals surface area contributed by atoms with Crippen LogP contribution in [0.3, 0.4) is 0 Å². The van der Waals surface area contributed by atoms with Crippen LogP contribution in [0.5, 0.6) is 11.8 Å². The molecule has 0 spiro atoms. The third kappa shape index (κ3) is 3.51. The molecule has 0 amide bonds. The molecule has 4 rings (SSSR count). The molecule has 1 N–H and O–H groups in total. The van der Waals surface area contributed by atoms with Crippen molar-refractivity contribution in [2.45, 2.75) is 0 Å². The van der Waals surface area contributed by atoms with E-state index in [1.54, 1.807) is 0 Å². The Labute approximate surface area is 149 Å². The van der Waals surface area contributed by atoms with Crippen molar-refractivity contribution in [2.75, 3.05) is 5.32 Å². The zero-order valence-corrected chi connectivity index (χ0v) is 13.8. The van der Waals surface area contributed by atoms with Crippen LogP contribution in [0.15, 0.2) is 72.8 Å². The number of aromatic nitrogens is 3. The van der Waals surface area contributed by atoms with Gasteiger partial charge in [0.1, 0.15) is 5.75 Å². The Hall–Kier alpha value is -3.18. The highest BCUT2D eigenvalue weighted by molar-refractivity contribution is 6.28. The lowest BCUT2D eigenvalue weighted by Gasteiger charge is -2.09. The molecule has 1 heterocycles. The lowest BCUT2D eigenvalue weighted by molar-refractivity contribution is 0.445.